The summed E-state index contributed by atoms with van der Waals surface area (Å²) in [6, 6.07) is 20.0. The van der Waals surface area contributed by atoms with Crippen LogP contribution in [0, 0.1) is 13.8 Å². The summed E-state index contributed by atoms with van der Waals surface area (Å²) < 4.78 is 0. The van der Waals surface area contributed by atoms with Crippen molar-refractivity contribution in [3.8, 4) is 22.3 Å². The molecule has 0 bridgehead atoms. The topological polar surface area (TPSA) is 18.5 Å². The van der Waals surface area contributed by atoms with Gasteiger partial charge >= 0.3 is 0 Å². The average molecular weight is 388 g/mol. The second-order valence-electron chi connectivity index (χ2n) is 8.03. The highest BCUT2D eigenvalue weighted by Crippen LogP contribution is 2.40. The molecule has 0 saturated carbocycles. The Bertz CT molecular complexity index is 968. The third-order valence-electron chi connectivity index (χ3n) is 5.50. The van der Waals surface area contributed by atoms with Crippen LogP contribution < -0.4 is 15.1 Å². The fourth-order valence-electron chi connectivity index (χ4n) is 3.93. The highest BCUT2D eigenvalue weighted by molar-refractivity contribution is 5.89. The third kappa shape index (κ3) is 4.24. The number of aryl methyl sites for hydroxylation is 1. The lowest BCUT2D eigenvalue weighted by atomic mass is 9.89. The predicted octanol–water partition coefficient (Wildman–Crippen LogP) is 6.20. The number of nitrogens with one attached hydrogen (secondary N) is 1. The molecule has 0 saturated heterocycles. The molecular formula is C26H33N3. The molecule has 1 N–H and O–H groups in total. The zero-order valence-corrected chi connectivity index (χ0v) is 18.8. The summed E-state index contributed by atoms with van der Waals surface area (Å²) in [6.07, 6.45) is 0. The van der Waals surface area contributed by atoms with Crippen LogP contribution in [-0.2, 0) is 0 Å². The van der Waals surface area contributed by atoms with Crippen molar-refractivity contribution >= 4 is 17.1 Å². The summed E-state index contributed by atoms with van der Waals surface area (Å²) >= 11 is 0. The van der Waals surface area contributed by atoms with Gasteiger partial charge in [0.05, 0.1) is 0 Å². The lowest BCUT2D eigenvalue weighted by Crippen LogP contribution is -2.08. The molecule has 3 nitrogen and oxygen atoms in total. The van der Waals surface area contributed by atoms with Crippen molar-refractivity contribution in [1.82, 2.24) is 0 Å². The van der Waals surface area contributed by atoms with Crippen LogP contribution in [0.2, 0.25) is 0 Å². The van der Waals surface area contributed by atoms with E-state index in [0.29, 0.717) is 0 Å². The van der Waals surface area contributed by atoms with E-state index < -0.39 is 0 Å². The van der Waals surface area contributed by atoms with Gasteiger partial charge in [-0.25, -0.2) is 0 Å². The first-order valence-electron chi connectivity index (χ1n) is 10.3. The number of hydrogen-bond donors (Lipinski definition) is 1. The van der Waals surface area contributed by atoms with Gasteiger partial charge in [0.25, 0.3) is 0 Å². The molecule has 0 radical (unpaired) electrons. The number of benzene rings is 3. The minimum Gasteiger partial charge on any atom is -0.385 e. The first-order valence-corrected chi connectivity index (χ1v) is 10.3. The summed E-state index contributed by atoms with van der Waals surface area (Å²) in [5, 5.41) is 3.63. The smallest absolute Gasteiger partial charge is 0.0455 e. The SMILES string of the molecule is CCNc1c(-c2ccc(N(C)C)cc2)cc(C)c(-c2ccc(N(C)C)cc2)c1C. The Labute approximate surface area is 176 Å². The predicted molar refractivity (Wildman–Crippen MR) is 130 cm³/mol. The molecule has 3 rings (SSSR count). The van der Waals surface area contributed by atoms with Gasteiger partial charge < -0.3 is 15.1 Å². The van der Waals surface area contributed by atoms with Gasteiger partial charge in [0.2, 0.25) is 0 Å². The number of hydrogen-bond acceptors (Lipinski definition) is 3. The molecule has 0 aliphatic rings. The van der Waals surface area contributed by atoms with E-state index >= 15 is 0 Å². The lowest BCUT2D eigenvalue weighted by molar-refractivity contribution is 1.13. The summed E-state index contributed by atoms with van der Waals surface area (Å²) in [6.45, 7) is 7.50. The third-order valence-corrected chi connectivity index (χ3v) is 5.50. The van der Waals surface area contributed by atoms with Gasteiger partial charge in [-0.1, -0.05) is 24.3 Å². The molecule has 3 aromatic rings. The zero-order valence-electron chi connectivity index (χ0n) is 18.8. The summed E-state index contributed by atoms with van der Waals surface area (Å²) in [4.78, 5) is 4.26. The standard InChI is InChI=1S/C26H33N3/c1-8-27-26-19(3)25(21-11-15-23(16-12-21)29(6)7)18(2)17-24(26)20-9-13-22(14-10-20)28(4)5/h9-17,27H,8H2,1-7H3. The van der Waals surface area contributed by atoms with Crippen molar-refractivity contribution in [2.24, 2.45) is 0 Å². The van der Waals surface area contributed by atoms with Gasteiger partial charge in [0, 0.05) is 57.4 Å². The summed E-state index contributed by atoms with van der Waals surface area (Å²) in [5.74, 6) is 0. The molecular weight excluding hydrogens is 354 g/mol. The monoisotopic (exact) mass is 387 g/mol. The fourth-order valence-corrected chi connectivity index (χ4v) is 3.93. The summed E-state index contributed by atoms with van der Waals surface area (Å²) in [5.41, 5.74) is 11.3. The Kier molecular flexibility index (Phi) is 6.17. The van der Waals surface area contributed by atoms with E-state index in [2.05, 4.69) is 119 Å². The quantitative estimate of drug-likeness (QED) is 0.543. The van der Waals surface area contributed by atoms with E-state index in [9.17, 15) is 0 Å². The van der Waals surface area contributed by atoms with E-state index in [0.717, 1.165) is 6.54 Å². The molecule has 0 aliphatic heterocycles. The first-order chi connectivity index (χ1) is 13.8. The highest BCUT2D eigenvalue weighted by atomic mass is 15.1. The molecule has 3 heteroatoms. The maximum atomic E-state index is 3.63. The van der Waals surface area contributed by atoms with Crippen molar-refractivity contribution in [1.29, 1.82) is 0 Å². The molecule has 0 fully saturated rings. The van der Waals surface area contributed by atoms with Crippen molar-refractivity contribution in [2.75, 3.05) is 49.9 Å². The number of nitrogens with zero attached hydrogens (tertiary/aromatic N) is 2. The van der Waals surface area contributed by atoms with Crippen LogP contribution in [0.25, 0.3) is 22.3 Å². The second-order valence-corrected chi connectivity index (χ2v) is 8.03. The molecule has 0 aromatic heterocycles. The van der Waals surface area contributed by atoms with Crippen LogP contribution in [0.3, 0.4) is 0 Å². The van der Waals surface area contributed by atoms with Gasteiger partial charge in [-0.3, -0.25) is 0 Å². The van der Waals surface area contributed by atoms with Crippen LogP contribution in [0.4, 0.5) is 17.1 Å². The van der Waals surface area contributed by atoms with E-state index in [-0.39, 0.29) is 0 Å². The summed E-state index contributed by atoms with van der Waals surface area (Å²) in [7, 11) is 8.30. The Morgan fingerprint density at radius 2 is 1.21 bits per heavy atom. The van der Waals surface area contributed by atoms with Crippen LogP contribution in [0.15, 0.2) is 54.6 Å². The van der Waals surface area contributed by atoms with Gasteiger partial charge in [-0.05, 0) is 78.9 Å². The molecule has 0 spiro atoms. The molecule has 152 valence electrons. The van der Waals surface area contributed by atoms with Gasteiger partial charge in [0.1, 0.15) is 0 Å². The first kappa shape index (κ1) is 20.8. The van der Waals surface area contributed by atoms with Crippen LogP contribution in [0.5, 0.6) is 0 Å². The molecule has 0 amide bonds. The van der Waals surface area contributed by atoms with Gasteiger partial charge in [-0.15, -0.1) is 0 Å². The van der Waals surface area contributed by atoms with Gasteiger partial charge in [0.15, 0.2) is 0 Å². The van der Waals surface area contributed by atoms with E-state index in [1.54, 1.807) is 0 Å². The number of anilines is 3. The van der Waals surface area contributed by atoms with E-state index in [1.807, 2.05) is 0 Å². The molecule has 0 aliphatic carbocycles. The highest BCUT2D eigenvalue weighted by Gasteiger charge is 2.16. The lowest BCUT2D eigenvalue weighted by Gasteiger charge is -2.21. The Hall–Kier alpha value is -2.94. The maximum absolute atomic E-state index is 3.63. The molecule has 0 heterocycles. The van der Waals surface area contributed by atoms with Crippen LogP contribution in [-0.4, -0.2) is 34.7 Å². The molecule has 29 heavy (non-hydrogen) atoms. The molecule has 0 atom stereocenters. The van der Waals surface area contributed by atoms with Crippen molar-refractivity contribution < 1.29 is 0 Å². The van der Waals surface area contributed by atoms with E-state index in [1.165, 1.54) is 50.4 Å². The fraction of sp³-hybridized carbons (Fsp3) is 0.308. The van der Waals surface area contributed by atoms with E-state index in [4.69, 9.17) is 0 Å². The largest absolute Gasteiger partial charge is 0.385 e. The van der Waals surface area contributed by atoms with Gasteiger partial charge in [-0.2, -0.15) is 0 Å². The normalized spacial score (nSPS) is 10.7. The zero-order chi connectivity index (χ0) is 21.1. The number of rotatable bonds is 6. The maximum Gasteiger partial charge on any atom is 0.0455 e. The van der Waals surface area contributed by atoms with Crippen LogP contribution in [0.1, 0.15) is 18.1 Å². The van der Waals surface area contributed by atoms with Crippen molar-refractivity contribution in [2.45, 2.75) is 20.8 Å². The average Bonchev–Trinajstić information content (AvgIpc) is 2.70. The molecule has 0 unspecified atom stereocenters. The second kappa shape index (κ2) is 8.60. The van der Waals surface area contributed by atoms with Crippen LogP contribution >= 0.6 is 0 Å². The Morgan fingerprint density at radius 3 is 1.66 bits per heavy atom. The molecule has 3 aromatic carbocycles. The Balaban J connectivity index is 2.12. The van der Waals surface area contributed by atoms with Crippen molar-refractivity contribution in [3.05, 3.63) is 65.7 Å². The van der Waals surface area contributed by atoms with Crippen molar-refractivity contribution in [3.63, 3.8) is 0 Å². The Morgan fingerprint density at radius 1 is 0.724 bits per heavy atom. The minimum absolute atomic E-state index is 0.895. The minimum atomic E-state index is 0.895.